The zero-order chi connectivity index (χ0) is 23.5. The maximum absolute atomic E-state index is 13.2. The van der Waals surface area contributed by atoms with E-state index in [1.807, 2.05) is 51.1 Å². The molecule has 0 saturated heterocycles. The van der Waals surface area contributed by atoms with Crippen molar-refractivity contribution in [3.05, 3.63) is 54.1 Å². The number of benzene rings is 2. The van der Waals surface area contributed by atoms with Crippen LogP contribution in [0.15, 0.2) is 48.5 Å². The molecule has 0 radical (unpaired) electrons. The van der Waals surface area contributed by atoms with E-state index in [0.717, 1.165) is 5.56 Å². The number of carbonyl (C=O) groups excluding carboxylic acids is 2. The second-order valence-electron chi connectivity index (χ2n) is 7.75. The summed E-state index contributed by atoms with van der Waals surface area (Å²) >= 11 is 0. The lowest BCUT2D eigenvalue weighted by molar-refractivity contribution is -0.142. The normalized spacial score (nSPS) is 11.6. The summed E-state index contributed by atoms with van der Waals surface area (Å²) in [5.41, 5.74) is 1.10. The van der Waals surface area contributed by atoms with Gasteiger partial charge in [-0.25, -0.2) is 0 Å². The van der Waals surface area contributed by atoms with Crippen LogP contribution in [0, 0.1) is 0 Å². The van der Waals surface area contributed by atoms with E-state index in [2.05, 4.69) is 5.32 Å². The van der Waals surface area contributed by atoms with Crippen LogP contribution in [-0.2, 0) is 16.0 Å². The molecule has 0 saturated carbocycles. The van der Waals surface area contributed by atoms with Gasteiger partial charge < -0.3 is 24.4 Å². The fourth-order valence-corrected chi connectivity index (χ4v) is 3.37. The van der Waals surface area contributed by atoms with E-state index < -0.39 is 6.04 Å². The molecule has 2 aromatic rings. The van der Waals surface area contributed by atoms with Gasteiger partial charge in [0.25, 0.3) is 5.91 Å². The van der Waals surface area contributed by atoms with Crippen LogP contribution >= 0.6 is 0 Å². The zero-order valence-electron chi connectivity index (χ0n) is 19.6. The highest BCUT2D eigenvalue weighted by atomic mass is 16.5. The van der Waals surface area contributed by atoms with E-state index in [1.165, 1.54) is 0 Å². The Morgan fingerprint density at radius 1 is 0.969 bits per heavy atom. The number of nitrogens with one attached hydrogen (secondary N) is 1. The molecule has 2 rings (SSSR count). The fraction of sp³-hybridized carbons (Fsp3) is 0.440. The average Bonchev–Trinajstić information content (AvgIpc) is 2.79. The zero-order valence-corrected chi connectivity index (χ0v) is 19.6. The van der Waals surface area contributed by atoms with Crippen molar-refractivity contribution in [2.75, 3.05) is 27.4 Å². The molecule has 0 bridgehead atoms. The largest absolute Gasteiger partial charge is 0.496 e. The van der Waals surface area contributed by atoms with Gasteiger partial charge in [-0.3, -0.25) is 9.59 Å². The number of methoxy groups -OCH3 is 2. The molecular weight excluding hydrogens is 408 g/mol. The van der Waals surface area contributed by atoms with Crippen LogP contribution < -0.4 is 19.5 Å². The Kier molecular flexibility index (Phi) is 9.85. The second-order valence-corrected chi connectivity index (χ2v) is 7.75. The van der Waals surface area contributed by atoms with Gasteiger partial charge >= 0.3 is 0 Å². The molecule has 7 heteroatoms. The highest BCUT2D eigenvalue weighted by molar-refractivity contribution is 5.88. The van der Waals surface area contributed by atoms with Crippen molar-refractivity contribution in [3.63, 3.8) is 0 Å². The lowest BCUT2D eigenvalue weighted by atomic mass is 10.1. The third kappa shape index (κ3) is 7.48. The Morgan fingerprint density at radius 3 is 2.09 bits per heavy atom. The van der Waals surface area contributed by atoms with E-state index in [1.54, 1.807) is 37.3 Å². The van der Waals surface area contributed by atoms with Gasteiger partial charge in [-0.1, -0.05) is 37.3 Å². The third-order valence-corrected chi connectivity index (χ3v) is 4.99. The minimum absolute atomic E-state index is 0.0110. The Hall–Kier alpha value is -3.22. The average molecular weight is 443 g/mol. The van der Waals surface area contributed by atoms with Gasteiger partial charge in [-0.05, 0) is 32.3 Å². The monoisotopic (exact) mass is 442 g/mol. The Bertz CT molecular complexity index is 848. The number of hydrogen-bond acceptors (Lipinski definition) is 5. The van der Waals surface area contributed by atoms with E-state index in [-0.39, 0.29) is 24.5 Å². The van der Waals surface area contributed by atoms with Gasteiger partial charge in [0.2, 0.25) is 5.91 Å². The first-order valence-corrected chi connectivity index (χ1v) is 10.9. The Labute approximate surface area is 190 Å². The van der Waals surface area contributed by atoms with Crippen LogP contribution in [0.1, 0.15) is 32.8 Å². The van der Waals surface area contributed by atoms with Gasteiger partial charge in [0.1, 0.15) is 23.3 Å². The van der Waals surface area contributed by atoms with Gasteiger partial charge in [0.15, 0.2) is 6.61 Å². The highest BCUT2D eigenvalue weighted by Crippen LogP contribution is 2.27. The SMILES string of the molecule is CC[C@H](C(=O)NC(C)C)N(CCc1ccccc1)C(=O)COc1cc(OC)cc(OC)c1. The summed E-state index contributed by atoms with van der Waals surface area (Å²) in [6.45, 7) is 5.93. The molecule has 174 valence electrons. The third-order valence-electron chi connectivity index (χ3n) is 4.99. The van der Waals surface area contributed by atoms with Gasteiger partial charge in [0.05, 0.1) is 14.2 Å². The molecule has 0 aromatic heterocycles. The highest BCUT2D eigenvalue weighted by Gasteiger charge is 2.29. The van der Waals surface area contributed by atoms with E-state index >= 15 is 0 Å². The number of hydrogen-bond donors (Lipinski definition) is 1. The molecule has 7 nitrogen and oxygen atoms in total. The van der Waals surface area contributed by atoms with Crippen molar-refractivity contribution < 1.29 is 23.8 Å². The van der Waals surface area contributed by atoms with Crippen LogP contribution in [-0.4, -0.2) is 56.2 Å². The topological polar surface area (TPSA) is 77.1 Å². The standard InChI is InChI=1S/C25H34N2O5/c1-6-23(25(29)26-18(2)3)27(13-12-19-10-8-7-9-11-19)24(28)17-32-22-15-20(30-4)14-21(16-22)31-5/h7-11,14-16,18,23H,6,12-13,17H2,1-5H3,(H,26,29)/t23-/m1/s1. The van der Waals surface area contributed by atoms with Crippen molar-refractivity contribution in [1.29, 1.82) is 0 Å². The van der Waals surface area contributed by atoms with Crippen LogP contribution in [0.5, 0.6) is 17.2 Å². The summed E-state index contributed by atoms with van der Waals surface area (Å²) in [6.07, 6.45) is 1.15. The van der Waals surface area contributed by atoms with E-state index in [4.69, 9.17) is 14.2 Å². The molecule has 32 heavy (non-hydrogen) atoms. The first-order valence-electron chi connectivity index (χ1n) is 10.9. The van der Waals surface area contributed by atoms with Crippen LogP contribution in [0.25, 0.3) is 0 Å². The molecule has 0 heterocycles. The van der Waals surface area contributed by atoms with Gasteiger partial charge in [0, 0.05) is 30.8 Å². The predicted octanol–water partition coefficient (Wildman–Crippen LogP) is 3.46. The summed E-state index contributed by atoms with van der Waals surface area (Å²) in [6, 6.07) is 14.4. The number of nitrogens with zero attached hydrogens (tertiary/aromatic N) is 1. The maximum Gasteiger partial charge on any atom is 0.261 e. The molecule has 2 aromatic carbocycles. The molecule has 0 spiro atoms. The lowest BCUT2D eigenvalue weighted by Crippen LogP contribution is -2.52. The minimum atomic E-state index is -0.572. The maximum atomic E-state index is 13.2. The molecule has 0 aliphatic carbocycles. The van der Waals surface area contributed by atoms with Crippen LogP contribution in [0.4, 0.5) is 0 Å². The minimum Gasteiger partial charge on any atom is -0.496 e. The van der Waals surface area contributed by atoms with Crippen molar-refractivity contribution in [3.8, 4) is 17.2 Å². The van der Waals surface area contributed by atoms with Crippen LogP contribution in [0.2, 0.25) is 0 Å². The summed E-state index contributed by atoms with van der Waals surface area (Å²) in [4.78, 5) is 27.6. The number of ether oxygens (including phenoxy) is 3. The first-order chi connectivity index (χ1) is 15.4. The summed E-state index contributed by atoms with van der Waals surface area (Å²) in [5, 5.41) is 2.92. The fourth-order valence-electron chi connectivity index (χ4n) is 3.37. The molecule has 0 aliphatic rings. The van der Waals surface area contributed by atoms with E-state index in [9.17, 15) is 9.59 Å². The second kappa shape index (κ2) is 12.6. The van der Waals surface area contributed by atoms with Crippen molar-refractivity contribution >= 4 is 11.8 Å². The molecule has 1 N–H and O–H groups in total. The number of amides is 2. The molecule has 1 atom stereocenters. The van der Waals surface area contributed by atoms with Crippen molar-refractivity contribution in [2.24, 2.45) is 0 Å². The molecular formula is C25H34N2O5. The molecule has 0 unspecified atom stereocenters. The van der Waals surface area contributed by atoms with Crippen molar-refractivity contribution in [2.45, 2.75) is 45.7 Å². The quantitative estimate of drug-likeness (QED) is 0.545. The summed E-state index contributed by atoms with van der Waals surface area (Å²) in [7, 11) is 3.10. The lowest BCUT2D eigenvalue weighted by Gasteiger charge is -2.31. The smallest absolute Gasteiger partial charge is 0.261 e. The Balaban J connectivity index is 2.17. The summed E-state index contributed by atoms with van der Waals surface area (Å²) < 4.78 is 16.3. The summed E-state index contributed by atoms with van der Waals surface area (Å²) in [5.74, 6) is 1.17. The van der Waals surface area contributed by atoms with Crippen LogP contribution in [0.3, 0.4) is 0 Å². The van der Waals surface area contributed by atoms with Crippen molar-refractivity contribution in [1.82, 2.24) is 10.2 Å². The van der Waals surface area contributed by atoms with Gasteiger partial charge in [-0.15, -0.1) is 0 Å². The Morgan fingerprint density at radius 2 is 1.56 bits per heavy atom. The van der Waals surface area contributed by atoms with Gasteiger partial charge in [-0.2, -0.15) is 0 Å². The molecule has 0 aliphatic heterocycles. The number of rotatable bonds is 12. The first kappa shape index (κ1) is 25.0. The number of carbonyl (C=O) groups is 2. The van der Waals surface area contributed by atoms with E-state index in [0.29, 0.717) is 36.6 Å². The molecule has 2 amide bonds. The predicted molar refractivity (Wildman–Crippen MR) is 124 cm³/mol. The molecule has 0 fully saturated rings.